The second kappa shape index (κ2) is 8.08. The highest BCUT2D eigenvalue weighted by Crippen LogP contribution is 2.41. The zero-order valence-corrected chi connectivity index (χ0v) is 17.4. The predicted octanol–water partition coefficient (Wildman–Crippen LogP) is 3.87. The minimum absolute atomic E-state index is 0.0317. The van der Waals surface area contributed by atoms with Gasteiger partial charge >= 0.3 is 5.91 Å². The van der Waals surface area contributed by atoms with Crippen LogP contribution in [0.2, 0.25) is 0 Å². The van der Waals surface area contributed by atoms with Crippen LogP contribution in [-0.4, -0.2) is 33.9 Å². The summed E-state index contributed by atoms with van der Waals surface area (Å²) in [6.07, 6.45) is 2.98. The number of carbonyl (C=O) groups excluding carboxylic acids is 2. The predicted molar refractivity (Wildman–Crippen MR) is 114 cm³/mol. The molecule has 0 aliphatic carbocycles. The maximum atomic E-state index is 13.0. The maximum Gasteiger partial charge on any atom is 0.302 e. The lowest BCUT2D eigenvalue weighted by Gasteiger charge is -2.23. The van der Waals surface area contributed by atoms with E-state index in [9.17, 15) is 14.7 Å². The smallest absolute Gasteiger partial charge is 0.302 e. The monoisotopic (exact) mass is 465 g/mol. The van der Waals surface area contributed by atoms with Crippen LogP contribution in [0.15, 0.2) is 77.0 Å². The summed E-state index contributed by atoms with van der Waals surface area (Å²) in [4.78, 5) is 35.4. The summed E-state index contributed by atoms with van der Waals surface area (Å²) in [5, 5.41) is 11.0. The van der Waals surface area contributed by atoms with E-state index in [1.54, 1.807) is 48.5 Å². The number of Topliss-reactive ketones (excluding diaryl/α,β-unsaturated/α-hetero) is 1. The van der Waals surface area contributed by atoms with Crippen molar-refractivity contribution in [2.24, 2.45) is 0 Å². The van der Waals surface area contributed by atoms with Gasteiger partial charge in [-0.1, -0.05) is 28.1 Å². The molecule has 1 atom stereocenters. The summed E-state index contributed by atoms with van der Waals surface area (Å²) in [6.45, 7) is 0. The molecule has 30 heavy (non-hydrogen) atoms. The first-order valence-electron chi connectivity index (χ1n) is 8.99. The molecule has 4 rings (SSSR count). The fraction of sp³-hybridized carbons (Fsp3) is 0.0909. The minimum atomic E-state index is -0.882. The van der Waals surface area contributed by atoms with E-state index in [0.29, 0.717) is 16.9 Å². The number of carbonyl (C=O) groups is 2. The molecule has 0 bridgehead atoms. The number of halogens is 1. The fourth-order valence-corrected chi connectivity index (χ4v) is 3.77. The van der Waals surface area contributed by atoms with Gasteiger partial charge in [-0.2, -0.15) is 0 Å². The second-order valence-electron chi connectivity index (χ2n) is 6.50. The maximum absolute atomic E-state index is 13.0. The van der Waals surface area contributed by atoms with Crippen LogP contribution in [0, 0.1) is 0 Å². The number of methoxy groups -OCH3 is 1. The first-order valence-corrected chi connectivity index (χ1v) is 9.78. The SMILES string of the molecule is COc1ccc(/C(O)=C2\C(=O)C(=O)N(c3ncccn3)[C@@H]2c2cccc(Br)c2)cc1. The van der Waals surface area contributed by atoms with Gasteiger partial charge in [0.2, 0.25) is 5.95 Å². The average molecular weight is 466 g/mol. The highest BCUT2D eigenvalue weighted by molar-refractivity contribution is 9.10. The lowest BCUT2D eigenvalue weighted by Crippen LogP contribution is -2.31. The first kappa shape index (κ1) is 19.8. The van der Waals surface area contributed by atoms with Crippen molar-refractivity contribution >= 4 is 39.3 Å². The van der Waals surface area contributed by atoms with Crippen molar-refractivity contribution in [3.05, 3.63) is 88.2 Å². The van der Waals surface area contributed by atoms with Crippen molar-refractivity contribution in [3.8, 4) is 5.75 Å². The molecule has 0 radical (unpaired) electrons. The summed E-state index contributed by atoms with van der Waals surface area (Å²) in [5.74, 6) is -1.20. The van der Waals surface area contributed by atoms with E-state index in [-0.39, 0.29) is 17.3 Å². The van der Waals surface area contributed by atoms with Gasteiger partial charge in [0.1, 0.15) is 11.5 Å². The van der Waals surface area contributed by atoms with Crippen molar-refractivity contribution in [1.82, 2.24) is 9.97 Å². The summed E-state index contributed by atoms with van der Waals surface area (Å²) in [7, 11) is 1.54. The zero-order valence-electron chi connectivity index (χ0n) is 15.8. The van der Waals surface area contributed by atoms with Gasteiger partial charge in [0, 0.05) is 22.4 Å². The third-order valence-electron chi connectivity index (χ3n) is 4.74. The van der Waals surface area contributed by atoms with E-state index >= 15 is 0 Å². The van der Waals surface area contributed by atoms with Gasteiger partial charge in [0.15, 0.2) is 0 Å². The topological polar surface area (TPSA) is 92.6 Å². The minimum Gasteiger partial charge on any atom is -0.507 e. The lowest BCUT2D eigenvalue weighted by atomic mass is 9.95. The molecule has 2 aromatic carbocycles. The third kappa shape index (κ3) is 3.46. The average Bonchev–Trinajstić information content (AvgIpc) is 3.04. The highest BCUT2D eigenvalue weighted by Gasteiger charge is 2.48. The van der Waals surface area contributed by atoms with Gasteiger partial charge < -0.3 is 9.84 Å². The number of amides is 1. The summed E-state index contributed by atoms with van der Waals surface area (Å²) in [6, 6.07) is 14.5. The number of hydrogen-bond donors (Lipinski definition) is 1. The normalized spacial score (nSPS) is 17.9. The Hall–Kier alpha value is -3.52. The van der Waals surface area contributed by atoms with Gasteiger partial charge in [-0.25, -0.2) is 9.97 Å². The van der Waals surface area contributed by atoms with Crippen LogP contribution < -0.4 is 9.64 Å². The Balaban J connectivity index is 1.93. The number of hydrogen-bond acceptors (Lipinski definition) is 6. The molecule has 1 N–H and O–H groups in total. The Morgan fingerprint density at radius 1 is 1.07 bits per heavy atom. The molecule has 1 amide bonds. The molecule has 1 aliphatic rings. The van der Waals surface area contributed by atoms with Gasteiger partial charge in [-0.3, -0.25) is 14.5 Å². The van der Waals surface area contributed by atoms with Crippen molar-refractivity contribution < 1.29 is 19.4 Å². The van der Waals surface area contributed by atoms with Crippen LogP contribution in [0.1, 0.15) is 17.2 Å². The molecule has 1 aliphatic heterocycles. The Morgan fingerprint density at radius 2 is 1.77 bits per heavy atom. The van der Waals surface area contributed by atoms with E-state index in [1.807, 2.05) is 6.07 Å². The fourth-order valence-electron chi connectivity index (χ4n) is 3.35. The Labute approximate surface area is 180 Å². The first-order chi connectivity index (χ1) is 14.5. The largest absolute Gasteiger partial charge is 0.507 e. The molecule has 3 aromatic rings. The van der Waals surface area contributed by atoms with Gasteiger partial charge in [-0.15, -0.1) is 0 Å². The van der Waals surface area contributed by atoms with Crippen molar-refractivity contribution in [2.45, 2.75) is 6.04 Å². The molecule has 2 heterocycles. The Kier molecular flexibility index (Phi) is 5.33. The van der Waals surface area contributed by atoms with Crippen LogP contribution in [0.25, 0.3) is 5.76 Å². The molecule has 1 fully saturated rings. The van der Waals surface area contributed by atoms with Crippen LogP contribution in [0.5, 0.6) is 5.75 Å². The van der Waals surface area contributed by atoms with E-state index in [4.69, 9.17) is 4.74 Å². The summed E-state index contributed by atoms with van der Waals surface area (Å²) in [5.41, 5.74) is 0.990. The molecule has 1 saturated heterocycles. The number of ketones is 1. The molecule has 0 saturated carbocycles. The molecular formula is C22H16BrN3O4. The standard InChI is InChI=1S/C22H16BrN3O4/c1-30-16-8-6-13(7-9-16)19(27)17-18(14-4-2-5-15(23)12-14)26(21(29)20(17)28)22-24-10-3-11-25-22/h2-12,18,27H,1H3/b19-17+/t18-/m1/s1. The Bertz CT molecular complexity index is 1150. The van der Waals surface area contributed by atoms with E-state index < -0.39 is 17.7 Å². The third-order valence-corrected chi connectivity index (χ3v) is 5.23. The van der Waals surface area contributed by atoms with Gasteiger partial charge in [-0.05, 0) is 48.0 Å². The number of benzene rings is 2. The molecule has 150 valence electrons. The molecule has 7 nitrogen and oxygen atoms in total. The molecule has 0 spiro atoms. The van der Waals surface area contributed by atoms with Gasteiger partial charge in [0.25, 0.3) is 5.78 Å². The number of ether oxygens (including phenoxy) is 1. The van der Waals surface area contributed by atoms with Crippen LogP contribution in [0.4, 0.5) is 5.95 Å². The van der Waals surface area contributed by atoms with Crippen molar-refractivity contribution in [1.29, 1.82) is 0 Å². The second-order valence-corrected chi connectivity index (χ2v) is 7.42. The number of rotatable bonds is 4. The highest BCUT2D eigenvalue weighted by atomic mass is 79.9. The van der Waals surface area contributed by atoms with Crippen molar-refractivity contribution in [3.63, 3.8) is 0 Å². The number of aromatic nitrogens is 2. The van der Waals surface area contributed by atoms with Gasteiger partial charge in [0.05, 0.1) is 18.7 Å². The molecule has 8 heteroatoms. The van der Waals surface area contributed by atoms with Crippen molar-refractivity contribution in [2.75, 3.05) is 12.0 Å². The lowest BCUT2D eigenvalue weighted by molar-refractivity contribution is -0.132. The number of aliphatic hydroxyl groups excluding tert-OH is 1. The molecule has 1 aromatic heterocycles. The summed E-state index contributed by atoms with van der Waals surface area (Å²) >= 11 is 3.42. The number of nitrogens with zero attached hydrogens (tertiary/aromatic N) is 3. The van der Waals surface area contributed by atoms with E-state index in [1.165, 1.54) is 24.4 Å². The summed E-state index contributed by atoms with van der Waals surface area (Å²) < 4.78 is 5.91. The van der Waals surface area contributed by atoms with Crippen LogP contribution >= 0.6 is 15.9 Å². The van der Waals surface area contributed by atoms with Crippen LogP contribution in [-0.2, 0) is 9.59 Å². The quantitative estimate of drug-likeness (QED) is 0.357. The molecular weight excluding hydrogens is 450 g/mol. The number of anilines is 1. The van der Waals surface area contributed by atoms with E-state index in [0.717, 1.165) is 4.47 Å². The van der Waals surface area contributed by atoms with E-state index in [2.05, 4.69) is 25.9 Å². The number of aliphatic hydroxyl groups is 1. The molecule has 0 unspecified atom stereocenters. The van der Waals surface area contributed by atoms with Crippen LogP contribution in [0.3, 0.4) is 0 Å². The Morgan fingerprint density at radius 3 is 2.40 bits per heavy atom. The zero-order chi connectivity index (χ0) is 21.3.